The number of carbonyl (C=O) groups is 2. The van der Waals surface area contributed by atoms with Crippen LogP contribution in [0.5, 0.6) is 5.75 Å². The number of carbonyl (C=O) groups excluding carboxylic acids is 2. The van der Waals surface area contributed by atoms with Crippen LogP contribution in [0.2, 0.25) is 0 Å². The molecule has 1 amide bonds. The second kappa shape index (κ2) is 8.18. The van der Waals surface area contributed by atoms with Gasteiger partial charge in [0.15, 0.2) is 0 Å². The molecule has 0 atom stereocenters. The van der Waals surface area contributed by atoms with Crippen LogP contribution in [0, 0.1) is 0 Å². The molecule has 0 aliphatic rings. The van der Waals surface area contributed by atoms with Crippen molar-refractivity contribution in [3.63, 3.8) is 0 Å². The Morgan fingerprint density at radius 2 is 1.76 bits per heavy atom. The van der Waals surface area contributed by atoms with Crippen molar-refractivity contribution in [2.24, 2.45) is 7.05 Å². The number of hydrogen-bond acceptors (Lipinski definition) is 5. The summed E-state index contributed by atoms with van der Waals surface area (Å²) in [5.41, 5.74) is 1.16. The fourth-order valence-electron chi connectivity index (χ4n) is 2.93. The number of esters is 1. The highest BCUT2D eigenvalue weighted by atomic mass is 16.5. The van der Waals surface area contributed by atoms with Gasteiger partial charge in [0, 0.05) is 18.9 Å². The van der Waals surface area contributed by atoms with E-state index in [0.717, 1.165) is 0 Å². The average Bonchev–Trinajstić information content (AvgIpc) is 2.70. The maximum absolute atomic E-state index is 12.8. The van der Waals surface area contributed by atoms with Crippen LogP contribution in [0.1, 0.15) is 34.6 Å². The van der Waals surface area contributed by atoms with Crippen molar-refractivity contribution in [3.8, 4) is 5.75 Å². The number of aryl methyl sites for hydroxylation is 1. The quantitative estimate of drug-likeness (QED) is 0.671. The van der Waals surface area contributed by atoms with Gasteiger partial charge in [-0.25, -0.2) is 4.79 Å². The number of anilines is 1. The number of hydrogen-bond donors (Lipinski definition) is 1. The molecule has 3 rings (SSSR count). The molecule has 0 spiro atoms. The summed E-state index contributed by atoms with van der Waals surface area (Å²) in [6, 6.07) is 11.4. The number of fused-ring (bicyclic) bond motifs is 1. The van der Waals surface area contributed by atoms with Crippen molar-refractivity contribution in [1.29, 1.82) is 0 Å². The molecule has 0 saturated carbocycles. The molecule has 150 valence electrons. The number of ether oxygens (including phenoxy) is 2. The Labute approximate surface area is 167 Å². The van der Waals surface area contributed by atoms with Crippen molar-refractivity contribution < 1.29 is 19.1 Å². The Hall–Kier alpha value is -3.61. The minimum absolute atomic E-state index is 0.0107. The molecule has 0 aliphatic carbocycles. The first-order valence-electron chi connectivity index (χ1n) is 9.10. The molecule has 7 heteroatoms. The largest absolute Gasteiger partial charge is 0.497 e. The minimum Gasteiger partial charge on any atom is -0.497 e. The van der Waals surface area contributed by atoms with Crippen LogP contribution in [-0.4, -0.2) is 29.7 Å². The molecule has 29 heavy (non-hydrogen) atoms. The first-order valence-corrected chi connectivity index (χ1v) is 9.10. The van der Waals surface area contributed by atoms with Crippen LogP contribution in [0.3, 0.4) is 0 Å². The normalized spacial score (nSPS) is 10.8. The summed E-state index contributed by atoms with van der Waals surface area (Å²) in [5, 5.41) is 3.09. The van der Waals surface area contributed by atoms with Crippen LogP contribution >= 0.6 is 0 Å². The summed E-state index contributed by atoms with van der Waals surface area (Å²) in [6.07, 6.45) is 1.28. The Morgan fingerprint density at radius 3 is 2.38 bits per heavy atom. The molecule has 1 aromatic heterocycles. The zero-order valence-corrected chi connectivity index (χ0v) is 16.7. The Morgan fingerprint density at radius 1 is 1.07 bits per heavy atom. The third kappa shape index (κ3) is 4.29. The molecule has 1 heterocycles. The van der Waals surface area contributed by atoms with E-state index in [0.29, 0.717) is 27.9 Å². The van der Waals surface area contributed by atoms with Gasteiger partial charge in [0.2, 0.25) is 5.43 Å². The average molecular weight is 394 g/mol. The number of pyridine rings is 1. The zero-order valence-electron chi connectivity index (χ0n) is 16.7. The lowest BCUT2D eigenvalue weighted by Gasteiger charge is -2.11. The lowest BCUT2D eigenvalue weighted by Crippen LogP contribution is -2.23. The highest BCUT2D eigenvalue weighted by molar-refractivity contribution is 6.06. The Bertz CT molecular complexity index is 1130. The Balaban J connectivity index is 1.87. The van der Waals surface area contributed by atoms with E-state index in [1.807, 2.05) is 0 Å². The monoisotopic (exact) mass is 394 g/mol. The lowest BCUT2D eigenvalue weighted by atomic mass is 10.1. The van der Waals surface area contributed by atoms with Crippen molar-refractivity contribution in [2.45, 2.75) is 20.0 Å². The van der Waals surface area contributed by atoms with E-state index in [1.165, 1.54) is 13.3 Å². The molecule has 0 aliphatic heterocycles. The number of methoxy groups -OCH3 is 1. The van der Waals surface area contributed by atoms with Gasteiger partial charge < -0.3 is 19.4 Å². The summed E-state index contributed by atoms with van der Waals surface area (Å²) in [6.45, 7) is 3.54. The highest BCUT2D eigenvalue weighted by Crippen LogP contribution is 2.19. The second-order valence-electron chi connectivity index (χ2n) is 6.85. The maximum Gasteiger partial charge on any atom is 0.338 e. The van der Waals surface area contributed by atoms with E-state index < -0.39 is 11.9 Å². The first kappa shape index (κ1) is 20.1. The van der Waals surface area contributed by atoms with Gasteiger partial charge in [-0.05, 0) is 56.3 Å². The van der Waals surface area contributed by atoms with Gasteiger partial charge >= 0.3 is 5.97 Å². The van der Waals surface area contributed by atoms with Gasteiger partial charge in [0.1, 0.15) is 11.3 Å². The van der Waals surface area contributed by atoms with Crippen molar-refractivity contribution in [3.05, 3.63) is 70.0 Å². The minimum atomic E-state index is -0.534. The van der Waals surface area contributed by atoms with Gasteiger partial charge in [-0.3, -0.25) is 9.59 Å². The van der Waals surface area contributed by atoms with Gasteiger partial charge in [-0.15, -0.1) is 0 Å². The number of amides is 1. The molecule has 2 aromatic carbocycles. The van der Waals surface area contributed by atoms with Gasteiger partial charge in [-0.1, -0.05) is 0 Å². The number of nitrogens with one attached hydrogen (secondary N) is 1. The third-order valence-electron chi connectivity index (χ3n) is 4.36. The van der Waals surface area contributed by atoms with E-state index >= 15 is 0 Å². The Kier molecular flexibility index (Phi) is 5.68. The van der Waals surface area contributed by atoms with E-state index in [1.54, 1.807) is 67.9 Å². The third-order valence-corrected chi connectivity index (χ3v) is 4.36. The summed E-state index contributed by atoms with van der Waals surface area (Å²) >= 11 is 0. The molecule has 0 bridgehead atoms. The van der Waals surface area contributed by atoms with Crippen LogP contribution in [-0.2, 0) is 11.8 Å². The number of benzene rings is 2. The van der Waals surface area contributed by atoms with E-state index in [2.05, 4.69) is 5.32 Å². The van der Waals surface area contributed by atoms with Gasteiger partial charge in [-0.2, -0.15) is 0 Å². The van der Waals surface area contributed by atoms with Crippen molar-refractivity contribution >= 4 is 28.5 Å². The fraction of sp³-hybridized carbons (Fsp3) is 0.227. The molecule has 7 nitrogen and oxygen atoms in total. The molecule has 0 unspecified atom stereocenters. The van der Waals surface area contributed by atoms with Crippen molar-refractivity contribution in [2.75, 3.05) is 12.4 Å². The standard InChI is InChI=1S/C22H22N2O5/c1-13(2)29-22(27)14-5-7-15(8-6-14)23-21(26)18-12-24(3)19-10-9-16(28-4)11-17(19)20(18)25/h5-13H,1-4H3,(H,23,26). The molecule has 0 saturated heterocycles. The molecule has 0 fully saturated rings. The summed E-state index contributed by atoms with van der Waals surface area (Å²) in [5.74, 6) is -0.431. The van der Waals surface area contributed by atoms with Crippen LogP contribution in [0.4, 0.5) is 5.69 Å². The van der Waals surface area contributed by atoms with Gasteiger partial charge in [0.05, 0.1) is 29.7 Å². The number of aromatic nitrogens is 1. The van der Waals surface area contributed by atoms with Crippen LogP contribution in [0.25, 0.3) is 10.9 Å². The van der Waals surface area contributed by atoms with Gasteiger partial charge in [0.25, 0.3) is 5.91 Å². The lowest BCUT2D eigenvalue weighted by molar-refractivity contribution is 0.0378. The first-order chi connectivity index (χ1) is 13.8. The van der Waals surface area contributed by atoms with Crippen LogP contribution < -0.4 is 15.5 Å². The molecule has 1 N–H and O–H groups in total. The van der Waals surface area contributed by atoms with E-state index in [9.17, 15) is 14.4 Å². The molecular weight excluding hydrogens is 372 g/mol. The smallest absolute Gasteiger partial charge is 0.338 e. The van der Waals surface area contributed by atoms with Crippen LogP contribution in [0.15, 0.2) is 53.5 Å². The van der Waals surface area contributed by atoms with E-state index in [-0.39, 0.29) is 17.1 Å². The maximum atomic E-state index is 12.8. The fourth-order valence-corrected chi connectivity index (χ4v) is 2.93. The second-order valence-corrected chi connectivity index (χ2v) is 6.85. The predicted octanol–water partition coefficient (Wildman–Crippen LogP) is 3.36. The molecule has 3 aromatic rings. The topological polar surface area (TPSA) is 86.6 Å². The van der Waals surface area contributed by atoms with E-state index in [4.69, 9.17) is 9.47 Å². The molecule has 0 radical (unpaired) electrons. The summed E-state index contributed by atoms with van der Waals surface area (Å²) in [4.78, 5) is 37.4. The zero-order chi connectivity index (χ0) is 21.1. The number of rotatable bonds is 5. The SMILES string of the molecule is COc1ccc2c(c1)c(=O)c(C(=O)Nc1ccc(C(=O)OC(C)C)cc1)cn2C. The number of nitrogens with zero attached hydrogens (tertiary/aromatic N) is 1. The molecular formula is C22H22N2O5. The summed E-state index contributed by atoms with van der Waals surface area (Å²) < 4.78 is 12.0. The predicted molar refractivity (Wildman–Crippen MR) is 111 cm³/mol. The van der Waals surface area contributed by atoms with Crippen molar-refractivity contribution in [1.82, 2.24) is 4.57 Å². The summed E-state index contributed by atoms with van der Waals surface area (Å²) in [7, 11) is 3.28. The highest BCUT2D eigenvalue weighted by Gasteiger charge is 2.16.